The van der Waals surface area contributed by atoms with Crippen molar-refractivity contribution in [3.05, 3.63) is 45.9 Å². The van der Waals surface area contributed by atoms with Crippen LogP contribution in [0.25, 0.3) is 0 Å². The van der Waals surface area contributed by atoms with Crippen molar-refractivity contribution in [1.29, 1.82) is 0 Å². The van der Waals surface area contributed by atoms with E-state index in [-0.39, 0.29) is 6.04 Å². The lowest BCUT2D eigenvalue weighted by Crippen LogP contribution is -2.12. The fourth-order valence-electron chi connectivity index (χ4n) is 1.87. The van der Waals surface area contributed by atoms with Crippen molar-refractivity contribution in [1.82, 2.24) is 4.98 Å². The maximum atomic E-state index is 6.32. The van der Waals surface area contributed by atoms with Crippen LogP contribution in [0.15, 0.2) is 29.6 Å². The van der Waals surface area contributed by atoms with Gasteiger partial charge in [0.05, 0.1) is 18.3 Å². The van der Waals surface area contributed by atoms with Gasteiger partial charge >= 0.3 is 0 Å². The molecule has 108 valence electrons. The summed E-state index contributed by atoms with van der Waals surface area (Å²) in [6.45, 7) is 7.11. The minimum Gasteiger partial charge on any atom is -0.494 e. The summed E-state index contributed by atoms with van der Waals surface area (Å²) in [6, 6.07) is 7.80. The van der Waals surface area contributed by atoms with Crippen LogP contribution in [0.5, 0.6) is 5.75 Å². The Hall–Kier alpha value is -1.39. The Morgan fingerprint density at radius 3 is 2.80 bits per heavy atom. The van der Waals surface area contributed by atoms with Crippen LogP contribution in [0.1, 0.15) is 55.4 Å². The van der Waals surface area contributed by atoms with Gasteiger partial charge in [0.15, 0.2) is 0 Å². The minimum atomic E-state index is -0.183. The summed E-state index contributed by atoms with van der Waals surface area (Å²) < 4.78 is 5.65. The van der Waals surface area contributed by atoms with E-state index in [0.29, 0.717) is 5.92 Å². The molecule has 2 rings (SSSR count). The molecular weight excluding hydrogens is 268 g/mol. The van der Waals surface area contributed by atoms with E-state index in [0.717, 1.165) is 35.0 Å². The molecule has 0 saturated heterocycles. The molecule has 3 nitrogen and oxygen atoms in total. The van der Waals surface area contributed by atoms with Crippen LogP contribution in [-0.4, -0.2) is 11.6 Å². The standard InChI is InChI=1S/C16H22N2OS/c1-4-8-19-13-7-5-6-12(9-13)15(17)16-18-14(10-20-16)11(2)3/h5-7,9-11,15H,4,8,17H2,1-3H3. The van der Waals surface area contributed by atoms with Gasteiger partial charge in [-0.15, -0.1) is 11.3 Å². The Balaban J connectivity index is 2.16. The summed E-state index contributed by atoms with van der Waals surface area (Å²) in [6.07, 6.45) is 1.00. The summed E-state index contributed by atoms with van der Waals surface area (Å²) in [4.78, 5) is 4.63. The van der Waals surface area contributed by atoms with Crippen molar-refractivity contribution in [2.45, 2.75) is 39.2 Å². The highest BCUT2D eigenvalue weighted by atomic mass is 32.1. The molecule has 2 aromatic rings. The summed E-state index contributed by atoms with van der Waals surface area (Å²) in [5, 5.41) is 3.05. The first-order chi connectivity index (χ1) is 9.61. The fraction of sp³-hybridized carbons (Fsp3) is 0.438. The van der Waals surface area contributed by atoms with Crippen LogP contribution in [-0.2, 0) is 0 Å². The molecule has 0 fully saturated rings. The number of thiazole rings is 1. The second kappa shape index (κ2) is 6.86. The lowest BCUT2D eigenvalue weighted by molar-refractivity contribution is 0.317. The Bertz CT molecular complexity index is 551. The Morgan fingerprint density at radius 2 is 2.15 bits per heavy atom. The van der Waals surface area contributed by atoms with E-state index in [9.17, 15) is 0 Å². The number of rotatable bonds is 6. The molecule has 0 spiro atoms. The van der Waals surface area contributed by atoms with E-state index in [2.05, 4.69) is 31.1 Å². The van der Waals surface area contributed by atoms with Gasteiger partial charge in [0.2, 0.25) is 0 Å². The first kappa shape index (κ1) is 15.0. The molecule has 0 aliphatic rings. The van der Waals surface area contributed by atoms with Gasteiger partial charge in [-0.25, -0.2) is 4.98 Å². The average molecular weight is 290 g/mol. The van der Waals surface area contributed by atoms with E-state index in [1.807, 2.05) is 24.3 Å². The number of ether oxygens (including phenoxy) is 1. The predicted molar refractivity (Wildman–Crippen MR) is 84.5 cm³/mol. The van der Waals surface area contributed by atoms with Gasteiger partial charge in [0.1, 0.15) is 10.8 Å². The summed E-state index contributed by atoms with van der Waals surface area (Å²) in [7, 11) is 0. The van der Waals surface area contributed by atoms with E-state index < -0.39 is 0 Å². The molecule has 2 N–H and O–H groups in total. The van der Waals surface area contributed by atoms with Crippen molar-refractivity contribution < 1.29 is 4.74 Å². The van der Waals surface area contributed by atoms with E-state index >= 15 is 0 Å². The normalized spacial score (nSPS) is 12.7. The molecule has 0 amide bonds. The smallest absolute Gasteiger partial charge is 0.119 e. The second-order valence-corrected chi connectivity index (χ2v) is 6.05. The number of nitrogens with zero attached hydrogens (tertiary/aromatic N) is 1. The molecule has 1 atom stereocenters. The predicted octanol–water partition coefficient (Wildman–Crippen LogP) is 4.10. The Morgan fingerprint density at radius 1 is 1.35 bits per heavy atom. The highest BCUT2D eigenvalue weighted by Crippen LogP contribution is 2.27. The molecule has 0 aliphatic carbocycles. The highest BCUT2D eigenvalue weighted by molar-refractivity contribution is 7.09. The first-order valence-corrected chi connectivity index (χ1v) is 7.93. The third-order valence-electron chi connectivity index (χ3n) is 3.09. The molecule has 4 heteroatoms. The van der Waals surface area contributed by atoms with E-state index in [1.165, 1.54) is 0 Å². The summed E-state index contributed by atoms with van der Waals surface area (Å²) in [5.41, 5.74) is 8.47. The molecule has 1 heterocycles. The van der Waals surface area contributed by atoms with Crippen LogP contribution in [0.2, 0.25) is 0 Å². The van der Waals surface area contributed by atoms with Gasteiger partial charge in [-0.05, 0) is 30.0 Å². The zero-order valence-corrected chi connectivity index (χ0v) is 13.1. The summed E-state index contributed by atoms with van der Waals surface area (Å²) in [5.74, 6) is 1.31. The van der Waals surface area contributed by atoms with E-state index in [1.54, 1.807) is 11.3 Å². The lowest BCUT2D eigenvalue weighted by atomic mass is 10.1. The molecule has 1 unspecified atom stereocenters. The van der Waals surface area contributed by atoms with Gasteiger partial charge in [-0.1, -0.05) is 32.9 Å². The van der Waals surface area contributed by atoms with Crippen LogP contribution < -0.4 is 10.5 Å². The highest BCUT2D eigenvalue weighted by Gasteiger charge is 2.15. The first-order valence-electron chi connectivity index (χ1n) is 7.05. The topological polar surface area (TPSA) is 48.1 Å². The third kappa shape index (κ3) is 3.58. The van der Waals surface area contributed by atoms with Crippen LogP contribution in [0, 0.1) is 0 Å². The van der Waals surface area contributed by atoms with Crippen LogP contribution >= 0.6 is 11.3 Å². The van der Waals surface area contributed by atoms with Crippen molar-refractivity contribution in [2.24, 2.45) is 5.73 Å². The van der Waals surface area contributed by atoms with Gasteiger partial charge < -0.3 is 10.5 Å². The number of benzene rings is 1. The maximum Gasteiger partial charge on any atom is 0.119 e. The Labute approximate surface area is 124 Å². The zero-order valence-electron chi connectivity index (χ0n) is 12.3. The molecule has 0 aliphatic heterocycles. The van der Waals surface area contributed by atoms with Gasteiger partial charge in [-0.3, -0.25) is 0 Å². The van der Waals surface area contributed by atoms with Crippen LogP contribution in [0.3, 0.4) is 0 Å². The minimum absolute atomic E-state index is 0.183. The van der Waals surface area contributed by atoms with Crippen molar-refractivity contribution >= 4 is 11.3 Å². The monoisotopic (exact) mass is 290 g/mol. The number of nitrogens with two attached hydrogens (primary N) is 1. The third-order valence-corrected chi connectivity index (χ3v) is 4.03. The van der Waals surface area contributed by atoms with Crippen LogP contribution in [0.4, 0.5) is 0 Å². The SMILES string of the molecule is CCCOc1cccc(C(N)c2nc(C(C)C)cs2)c1. The molecule has 1 aromatic heterocycles. The van der Waals surface area contributed by atoms with Crippen molar-refractivity contribution in [2.75, 3.05) is 6.61 Å². The zero-order chi connectivity index (χ0) is 14.5. The quantitative estimate of drug-likeness (QED) is 0.871. The van der Waals surface area contributed by atoms with Crippen molar-refractivity contribution in [3.63, 3.8) is 0 Å². The van der Waals surface area contributed by atoms with Gasteiger partial charge in [0, 0.05) is 5.38 Å². The number of aromatic nitrogens is 1. The summed E-state index contributed by atoms with van der Waals surface area (Å²) >= 11 is 1.63. The molecule has 0 saturated carbocycles. The maximum absolute atomic E-state index is 6.32. The Kier molecular flexibility index (Phi) is 5.15. The molecule has 1 aromatic carbocycles. The lowest BCUT2D eigenvalue weighted by Gasteiger charge is -2.11. The van der Waals surface area contributed by atoms with Crippen molar-refractivity contribution in [3.8, 4) is 5.75 Å². The van der Waals surface area contributed by atoms with Gasteiger partial charge in [-0.2, -0.15) is 0 Å². The van der Waals surface area contributed by atoms with E-state index in [4.69, 9.17) is 10.5 Å². The second-order valence-electron chi connectivity index (χ2n) is 5.16. The number of hydrogen-bond acceptors (Lipinski definition) is 4. The largest absolute Gasteiger partial charge is 0.494 e. The molecule has 20 heavy (non-hydrogen) atoms. The van der Waals surface area contributed by atoms with Gasteiger partial charge in [0.25, 0.3) is 0 Å². The molecule has 0 radical (unpaired) electrons. The molecular formula is C16H22N2OS. The average Bonchev–Trinajstić information content (AvgIpc) is 2.94. The fourth-order valence-corrected chi connectivity index (χ4v) is 2.88. The number of hydrogen-bond donors (Lipinski definition) is 1. The molecule has 0 bridgehead atoms.